The van der Waals surface area contributed by atoms with E-state index >= 15 is 0 Å². The average Bonchev–Trinajstić information content (AvgIpc) is 3.16. The van der Waals surface area contributed by atoms with Gasteiger partial charge in [0, 0.05) is 49.1 Å². The molecule has 2 aromatic rings. The number of ether oxygens (including phenoxy) is 2. The Morgan fingerprint density at radius 1 is 1.15 bits per heavy atom. The van der Waals surface area contributed by atoms with Crippen LogP contribution in [0.4, 0.5) is 11.4 Å². The molecule has 2 aromatic carbocycles. The molecule has 1 atom stereocenters. The number of ketones is 1. The molecule has 2 heterocycles. The van der Waals surface area contributed by atoms with Crippen molar-refractivity contribution in [1.82, 2.24) is 10.0 Å². The lowest BCUT2D eigenvalue weighted by molar-refractivity contribution is -0.125. The van der Waals surface area contributed by atoms with Crippen LogP contribution in [0.15, 0.2) is 65.1 Å². The lowest BCUT2D eigenvalue weighted by Gasteiger charge is -2.45. The summed E-state index contributed by atoms with van der Waals surface area (Å²) in [4.78, 5) is 42.9. The first-order valence-corrected chi connectivity index (χ1v) is 12.8. The maximum atomic E-state index is 14.6. The minimum absolute atomic E-state index is 0.0370. The second kappa shape index (κ2) is 10.1. The van der Waals surface area contributed by atoms with E-state index in [0.29, 0.717) is 47.0 Å². The largest absolute Gasteiger partial charge is 0.497 e. The molecule has 0 aromatic heterocycles. The molecule has 3 aliphatic rings. The van der Waals surface area contributed by atoms with Crippen molar-refractivity contribution >= 4 is 29.0 Å². The normalized spacial score (nSPS) is 20.1. The third kappa shape index (κ3) is 3.79. The molecule has 0 radical (unpaired) electrons. The molecular weight excluding hydrogens is 512 g/mol. The number of allylic oxidation sites excluding steroid dienone is 1. The number of anilines is 2. The molecule has 1 aliphatic carbocycles. The number of nitrogens with one attached hydrogen (secondary N) is 1. The third-order valence-corrected chi connectivity index (χ3v) is 7.53. The fraction of sp³-hybridized carbons (Fsp3) is 0.310. The lowest BCUT2D eigenvalue weighted by Crippen LogP contribution is -2.55. The predicted octanol–water partition coefficient (Wildman–Crippen LogP) is 2.42. The Labute approximate surface area is 232 Å². The van der Waals surface area contributed by atoms with E-state index in [1.807, 2.05) is 0 Å². The van der Waals surface area contributed by atoms with Crippen molar-refractivity contribution in [2.24, 2.45) is 5.73 Å². The highest BCUT2D eigenvalue weighted by Crippen LogP contribution is 2.56. The zero-order valence-electron chi connectivity index (χ0n) is 22.8. The highest BCUT2D eigenvalue weighted by atomic mass is 16.5. The number of benzene rings is 2. The molecule has 0 fully saturated rings. The van der Waals surface area contributed by atoms with Gasteiger partial charge < -0.3 is 25.4 Å². The van der Waals surface area contributed by atoms with Crippen LogP contribution >= 0.6 is 0 Å². The van der Waals surface area contributed by atoms with Crippen LogP contribution < -0.4 is 25.4 Å². The number of hydrogen-bond donors (Lipinski definition) is 2. The van der Waals surface area contributed by atoms with Crippen LogP contribution in [0, 0.1) is 11.3 Å². The number of fused-ring (bicyclic) bond motifs is 3. The van der Waals surface area contributed by atoms with E-state index in [4.69, 9.17) is 15.2 Å². The summed E-state index contributed by atoms with van der Waals surface area (Å²) in [5.41, 5.74) is 6.90. The van der Waals surface area contributed by atoms with Crippen molar-refractivity contribution in [3.8, 4) is 17.6 Å². The fourth-order valence-electron chi connectivity index (χ4n) is 5.97. The van der Waals surface area contributed by atoms with Gasteiger partial charge in [0.05, 0.1) is 25.5 Å². The Morgan fingerprint density at radius 3 is 2.58 bits per heavy atom. The molecule has 0 saturated carbocycles. The summed E-state index contributed by atoms with van der Waals surface area (Å²) in [5.74, 6) is -0.278. The number of nitrogens with two attached hydrogens (primary N) is 1. The molecule has 5 rings (SSSR count). The van der Waals surface area contributed by atoms with Crippen LogP contribution in [-0.4, -0.2) is 62.5 Å². The van der Waals surface area contributed by atoms with Gasteiger partial charge in [-0.15, -0.1) is 0 Å². The molecule has 0 bridgehead atoms. The SMILES string of the molecule is COc1ccc(OC)c(NC(=O)CN2C(=O)[C@@]3(C(C#N)=C(N)N(N(C)C)C4=C3C(=O)CCC4)c3ccccc32)c1. The van der Waals surface area contributed by atoms with Gasteiger partial charge in [0.15, 0.2) is 5.78 Å². The van der Waals surface area contributed by atoms with Crippen molar-refractivity contribution in [3.05, 3.63) is 70.7 Å². The zero-order chi connectivity index (χ0) is 28.8. The number of rotatable bonds is 6. The maximum absolute atomic E-state index is 14.6. The molecule has 0 unspecified atom stereocenters. The second-order valence-corrected chi connectivity index (χ2v) is 9.90. The summed E-state index contributed by atoms with van der Waals surface area (Å²) in [5, 5.41) is 16.6. The van der Waals surface area contributed by atoms with Gasteiger partial charge in [-0.3, -0.25) is 19.4 Å². The first-order valence-electron chi connectivity index (χ1n) is 12.8. The van der Waals surface area contributed by atoms with Gasteiger partial charge in [-0.05, 0) is 31.0 Å². The number of nitrogens with zero attached hydrogens (tertiary/aromatic N) is 4. The monoisotopic (exact) mass is 542 g/mol. The molecule has 11 nitrogen and oxygen atoms in total. The van der Waals surface area contributed by atoms with E-state index in [1.54, 1.807) is 66.6 Å². The number of amides is 2. The Bertz CT molecular complexity index is 1540. The molecule has 2 aliphatic heterocycles. The number of hydrogen-bond acceptors (Lipinski definition) is 9. The highest BCUT2D eigenvalue weighted by molar-refractivity contribution is 6.21. The molecule has 1 spiro atoms. The number of Topliss-reactive ketones (excluding diaryl/α,β-unsaturated/α-hetero) is 1. The molecule has 3 N–H and O–H groups in total. The Balaban J connectivity index is 1.63. The third-order valence-electron chi connectivity index (χ3n) is 7.53. The van der Waals surface area contributed by atoms with Crippen LogP contribution in [-0.2, 0) is 19.8 Å². The average molecular weight is 543 g/mol. The summed E-state index contributed by atoms with van der Waals surface area (Å²) in [7, 11) is 6.51. The molecule has 11 heteroatoms. The van der Waals surface area contributed by atoms with E-state index in [0.717, 1.165) is 0 Å². The topological polar surface area (TPSA) is 141 Å². The van der Waals surface area contributed by atoms with Gasteiger partial charge in [0.1, 0.15) is 35.3 Å². The van der Waals surface area contributed by atoms with Crippen LogP contribution in [0.25, 0.3) is 0 Å². The summed E-state index contributed by atoms with van der Waals surface area (Å²) in [6.45, 7) is -0.370. The summed E-state index contributed by atoms with van der Waals surface area (Å²) in [6.07, 6.45) is 1.34. The summed E-state index contributed by atoms with van der Waals surface area (Å²) in [6, 6.07) is 14.1. The number of methoxy groups -OCH3 is 2. The van der Waals surface area contributed by atoms with Crippen LogP contribution in [0.1, 0.15) is 24.8 Å². The number of nitriles is 1. The van der Waals surface area contributed by atoms with E-state index in [1.165, 1.54) is 19.1 Å². The first kappa shape index (κ1) is 26.8. The van der Waals surface area contributed by atoms with E-state index < -0.39 is 17.2 Å². The van der Waals surface area contributed by atoms with Crippen molar-refractivity contribution in [3.63, 3.8) is 0 Å². The van der Waals surface area contributed by atoms with Gasteiger partial charge in [-0.1, -0.05) is 18.2 Å². The Morgan fingerprint density at radius 2 is 1.90 bits per heavy atom. The first-order chi connectivity index (χ1) is 19.2. The minimum Gasteiger partial charge on any atom is -0.497 e. The van der Waals surface area contributed by atoms with Crippen LogP contribution in [0.5, 0.6) is 11.5 Å². The number of carbonyl (C=O) groups is 3. The summed E-state index contributed by atoms with van der Waals surface area (Å²) >= 11 is 0. The van der Waals surface area contributed by atoms with Crippen LogP contribution in [0.2, 0.25) is 0 Å². The van der Waals surface area contributed by atoms with E-state index in [2.05, 4.69) is 11.4 Å². The van der Waals surface area contributed by atoms with E-state index in [9.17, 15) is 19.6 Å². The predicted molar refractivity (Wildman–Crippen MR) is 147 cm³/mol. The fourth-order valence-corrected chi connectivity index (χ4v) is 5.97. The smallest absolute Gasteiger partial charge is 0.248 e. The zero-order valence-corrected chi connectivity index (χ0v) is 22.8. The van der Waals surface area contributed by atoms with Gasteiger partial charge in [0.25, 0.3) is 0 Å². The van der Waals surface area contributed by atoms with Crippen molar-refractivity contribution in [1.29, 1.82) is 5.26 Å². The van der Waals surface area contributed by atoms with Crippen molar-refractivity contribution in [2.75, 3.05) is 45.1 Å². The summed E-state index contributed by atoms with van der Waals surface area (Å²) < 4.78 is 10.6. The standard InChI is InChI=1S/C29H30N6O5/c1-33(2)35-22-10-7-11-23(36)26(22)29(19(15-30)27(35)31)18-8-5-6-9-21(18)34(28(29)38)16-25(37)32-20-14-17(39-3)12-13-24(20)40-4/h5-6,8-9,12-14H,7,10-11,16,31H2,1-4H3,(H,32,37)/t29-/m1/s1. The molecule has 40 heavy (non-hydrogen) atoms. The maximum Gasteiger partial charge on any atom is 0.248 e. The molecule has 2 amide bonds. The van der Waals surface area contributed by atoms with Crippen LogP contribution in [0.3, 0.4) is 0 Å². The van der Waals surface area contributed by atoms with Gasteiger partial charge >= 0.3 is 0 Å². The van der Waals surface area contributed by atoms with Crippen molar-refractivity contribution in [2.45, 2.75) is 24.7 Å². The van der Waals surface area contributed by atoms with Gasteiger partial charge in [0.2, 0.25) is 11.8 Å². The lowest BCUT2D eigenvalue weighted by atomic mass is 9.64. The number of carbonyl (C=O) groups excluding carboxylic acids is 3. The number of hydrazine groups is 1. The molecule has 0 saturated heterocycles. The number of para-hydroxylation sites is 1. The highest BCUT2D eigenvalue weighted by Gasteiger charge is 2.62. The van der Waals surface area contributed by atoms with Gasteiger partial charge in [-0.2, -0.15) is 5.26 Å². The van der Waals surface area contributed by atoms with E-state index in [-0.39, 0.29) is 35.7 Å². The Kier molecular flexibility index (Phi) is 6.73. The minimum atomic E-state index is -1.75. The molecule has 206 valence electrons. The second-order valence-electron chi connectivity index (χ2n) is 9.90. The quantitative estimate of drug-likeness (QED) is 0.563. The molecular formula is C29H30N6O5. The van der Waals surface area contributed by atoms with Gasteiger partial charge in [-0.25, -0.2) is 5.01 Å². The van der Waals surface area contributed by atoms with Crippen molar-refractivity contribution < 1.29 is 23.9 Å². The Hall–Kier alpha value is -4.82.